The normalized spacial score (nSPS) is 27.1. The van der Waals surface area contributed by atoms with Crippen LogP contribution in [0.4, 0.5) is 0 Å². The highest BCUT2D eigenvalue weighted by atomic mass is 16.2. The largest absolute Gasteiger partial charge is 0.352 e. The van der Waals surface area contributed by atoms with Crippen molar-refractivity contribution in [3.63, 3.8) is 0 Å². The Labute approximate surface area is 93.0 Å². The van der Waals surface area contributed by atoms with Crippen molar-refractivity contribution in [1.82, 2.24) is 10.6 Å². The van der Waals surface area contributed by atoms with E-state index in [2.05, 4.69) is 24.5 Å². The summed E-state index contributed by atoms with van der Waals surface area (Å²) in [7, 11) is 1.81. The van der Waals surface area contributed by atoms with Gasteiger partial charge in [0, 0.05) is 6.04 Å². The molecule has 2 N–H and O–H groups in total. The van der Waals surface area contributed by atoms with Crippen molar-refractivity contribution in [2.45, 2.75) is 58.5 Å². The molecule has 0 spiro atoms. The molecule has 2 unspecified atom stereocenters. The number of carbonyl (C=O) groups is 1. The van der Waals surface area contributed by atoms with Crippen LogP contribution in [0.15, 0.2) is 0 Å². The second kappa shape index (κ2) is 4.97. The van der Waals surface area contributed by atoms with E-state index < -0.39 is 0 Å². The lowest BCUT2D eigenvalue weighted by Crippen LogP contribution is -2.47. The fourth-order valence-electron chi connectivity index (χ4n) is 2.28. The minimum absolute atomic E-state index is 0.0879. The minimum atomic E-state index is -0.0879. The minimum Gasteiger partial charge on any atom is -0.352 e. The van der Waals surface area contributed by atoms with E-state index >= 15 is 0 Å². The van der Waals surface area contributed by atoms with Crippen LogP contribution >= 0.6 is 0 Å². The zero-order valence-electron chi connectivity index (χ0n) is 10.4. The highest BCUT2D eigenvalue weighted by Crippen LogP contribution is 2.34. The first-order valence-electron chi connectivity index (χ1n) is 5.92. The maximum absolute atomic E-state index is 11.7. The van der Waals surface area contributed by atoms with E-state index in [0.717, 1.165) is 12.8 Å². The van der Waals surface area contributed by atoms with Gasteiger partial charge in [-0.2, -0.15) is 0 Å². The van der Waals surface area contributed by atoms with Gasteiger partial charge < -0.3 is 10.6 Å². The number of amides is 1. The fraction of sp³-hybridized carbons (Fsp3) is 0.917. The number of hydrogen-bond acceptors (Lipinski definition) is 2. The molecule has 0 heterocycles. The van der Waals surface area contributed by atoms with Crippen molar-refractivity contribution in [2.24, 2.45) is 5.41 Å². The third kappa shape index (κ3) is 3.82. The van der Waals surface area contributed by atoms with Crippen LogP contribution in [0.1, 0.15) is 46.5 Å². The quantitative estimate of drug-likeness (QED) is 0.747. The summed E-state index contributed by atoms with van der Waals surface area (Å²) in [6.45, 7) is 6.46. The second-order valence-electron chi connectivity index (χ2n) is 5.48. The van der Waals surface area contributed by atoms with Crippen molar-refractivity contribution in [1.29, 1.82) is 0 Å². The SMILES string of the molecule is CNC(C)C(=O)NC1CCCC(C)(C)C1. The second-order valence-corrected chi connectivity index (χ2v) is 5.48. The molecule has 0 aromatic carbocycles. The van der Waals surface area contributed by atoms with Gasteiger partial charge in [-0.3, -0.25) is 4.79 Å². The van der Waals surface area contributed by atoms with Crippen LogP contribution in [0.25, 0.3) is 0 Å². The van der Waals surface area contributed by atoms with Crippen LogP contribution in [0.3, 0.4) is 0 Å². The van der Waals surface area contributed by atoms with E-state index in [4.69, 9.17) is 0 Å². The maximum Gasteiger partial charge on any atom is 0.237 e. The average molecular weight is 212 g/mol. The van der Waals surface area contributed by atoms with Gasteiger partial charge in [-0.15, -0.1) is 0 Å². The van der Waals surface area contributed by atoms with Gasteiger partial charge in [0.25, 0.3) is 0 Å². The smallest absolute Gasteiger partial charge is 0.237 e. The Kier molecular flexibility index (Phi) is 4.14. The number of hydrogen-bond donors (Lipinski definition) is 2. The highest BCUT2D eigenvalue weighted by molar-refractivity contribution is 5.81. The predicted octanol–water partition coefficient (Wildman–Crippen LogP) is 1.68. The Morgan fingerprint density at radius 1 is 1.47 bits per heavy atom. The molecule has 1 fully saturated rings. The first-order valence-corrected chi connectivity index (χ1v) is 5.92. The lowest BCUT2D eigenvalue weighted by molar-refractivity contribution is -0.123. The van der Waals surface area contributed by atoms with E-state index in [9.17, 15) is 4.79 Å². The van der Waals surface area contributed by atoms with E-state index in [1.165, 1.54) is 12.8 Å². The molecule has 0 aromatic rings. The fourth-order valence-corrected chi connectivity index (χ4v) is 2.28. The third-order valence-electron chi connectivity index (χ3n) is 3.38. The van der Waals surface area contributed by atoms with E-state index in [-0.39, 0.29) is 11.9 Å². The molecule has 3 nitrogen and oxygen atoms in total. The zero-order chi connectivity index (χ0) is 11.5. The molecule has 1 rings (SSSR count). The highest BCUT2D eigenvalue weighted by Gasteiger charge is 2.29. The van der Waals surface area contributed by atoms with Gasteiger partial charge in [-0.25, -0.2) is 0 Å². The summed E-state index contributed by atoms with van der Waals surface area (Å²) in [5.41, 5.74) is 0.388. The standard InChI is InChI=1S/C12H24N2O/c1-9(13-4)11(15)14-10-6-5-7-12(2,3)8-10/h9-10,13H,5-8H2,1-4H3,(H,14,15). The molecule has 0 aliphatic heterocycles. The Morgan fingerprint density at radius 3 is 2.67 bits per heavy atom. The molecule has 1 saturated carbocycles. The molecule has 88 valence electrons. The summed E-state index contributed by atoms with van der Waals surface area (Å²) in [5, 5.41) is 6.09. The lowest BCUT2D eigenvalue weighted by Gasteiger charge is -2.35. The first-order chi connectivity index (χ1) is 6.94. The molecular weight excluding hydrogens is 188 g/mol. The molecule has 1 aliphatic carbocycles. The van der Waals surface area contributed by atoms with Gasteiger partial charge in [0.15, 0.2) is 0 Å². The van der Waals surface area contributed by atoms with Crippen molar-refractivity contribution in [3.05, 3.63) is 0 Å². The molecule has 1 amide bonds. The monoisotopic (exact) mass is 212 g/mol. The van der Waals surface area contributed by atoms with Crippen LogP contribution < -0.4 is 10.6 Å². The Balaban J connectivity index is 2.41. The maximum atomic E-state index is 11.7. The summed E-state index contributed by atoms with van der Waals surface area (Å²) in [5.74, 6) is 0.125. The van der Waals surface area contributed by atoms with Crippen LogP contribution in [-0.4, -0.2) is 25.0 Å². The van der Waals surface area contributed by atoms with Gasteiger partial charge in [-0.05, 0) is 38.6 Å². The summed E-state index contributed by atoms with van der Waals surface area (Å²) >= 11 is 0. The summed E-state index contributed by atoms with van der Waals surface area (Å²) < 4.78 is 0. The van der Waals surface area contributed by atoms with Crippen LogP contribution in [0.5, 0.6) is 0 Å². The van der Waals surface area contributed by atoms with Gasteiger partial charge in [-0.1, -0.05) is 20.3 Å². The number of carbonyl (C=O) groups excluding carboxylic acids is 1. The van der Waals surface area contributed by atoms with E-state index in [1.54, 1.807) is 0 Å². The van der Waals surface area contributed by atoms with Crippen LogP contribution in [-0.2, 0) is 4.79 Å². The molecule has 0 radical (unpaired) electrons. The van der Waals surface area contributed by atoms with Gasteiger partial charge in [0.2, 0.25) is 5.91 Å². The number of nitrogens with one attached hydrogen (secondary N) is 2. The van der Waals surface area contributed by atoms with E-state index in [1.807, 2.05) is 14.0 Å². The Bertz CT molecular complexity index is 226. The summed E-state index contributed by atoms with van der Waals surface area (Å²) in [4.78, 5) is 11.7. The molecule has 15 heavy (non-hydrogen) atoms. The Morgan fingerprint density at radius 2 is 2.13 bits per heavy atom. The van der Waals surface area contributed by atoms with E-state index in [0.29, 0.717) is 11.5 Å². The molecule has 1 aliphatic rings. The number of rotatable bonds is 3. The van der Waals surface area contributed by atoms with Crippen molar-refractivity contribution < 1.29 is 4.79 Å². The van der Waals surface area contributed by atoms with Crippen LogP contribution in [0, 0.1) is 5.41 Å². The molecular formula is C12H24N2O. The van der Waals surface area contributed by atoms with Crippen molar-refractivity contribution in [2.75, 3.05) is 7.05 Å². The molecule has 3 heteroatoms. The molecule has 0 saturated heterocycles. The van der Waals surface area contributed by atoms with Crippen LogP contribution in [0.2, 0.25) is 0 Å². The Hall–Kier alpha value is -0.570. The van der Waals surface area contributed by atoms with Crippen molar-refractivity contribution in [3.8, 4) is 0 Å². The molecule has 0 aromatic heterocycles. The average Bonchev–Trinajstić information content (AvgIpc) is 2.14. The number of likely N-dealkylation sites (N-methyl/N-ethyl adjacent to an activating group) is 1. The van der Waals surface area contributed by atoms with Crippen molar-refractivity contribution >= 4 is 5.91 Å². The predicted molar refractivity (Wildman–Crippen MR) is 62.7 cm³/mol. The van der Waals surface area contributed by atoms with Gasteiger partial charge in [0.05, 0.1) is 6.04 Å². The summed E-state index contributed by atoms with van der Waals surface area (Å²) in [6.07, 6.45) is 4.74. The zero-order valence-corrected chi connectivity index (χ0v) is 10.4. The third-order valence-corrected chi connectivity index (χ3v) is 3.38. The molecule has 2 atom stereocenters. The first kappa shape index (κ1) is 12.5. The lowest BCUT2D eigenvalue weighted by atomic mass is 9.75. The van der Waals surface area contributed by atoms with Gasteiger partial charge in [0.1, 0.15) is 0 Å². The molecule has 0 bridgehead atoms. The topological polar surface area (TPSA) is 41.1 Å². The summed E-state index contributed by atoms with van der Waals surface area (Å²) in [6, 6.07) is 0.284. The van der Waals surface area contributed by atoms with Gasteiger partial charge >= 0.3 is 0 Å².